The predicted octanol–water partition coefficient (Wildman–Crippen LogP) is 2.72. The maximum atomic E-state index is 12.4. The van der Waals surface area contributed by atoms with Crippen LogP contribution in [-0.4, -0.2) is 27.9 Å². The number of urea groups is 1. The number of halogens is 2. The SMILES string of the molecule is O=C(Nc1nnc(C(F)F)s1)N[C@H](CCO)c1ccccc1. The van der Waals surface area contributed by atoms with Gasteiger partial charge in [0.15, 0.2) is 5.01 Å². The Hall–Kier alpha value is -2.13. The first-order valence-corrected chi connectivity index (χ1v) is 7.26. The van der Waals surface area contributed by atoms with Gasteiger partial charge in [0.2, 0.25) is 5.13 Å². The molecule has 1 atom stereocenters. The Kier molecular flexibility index (Phi) is 5.73. The lowest BCUT2D eigenvalue weighted by molar-refractivity contribution is 0.150. The number of hydrogen-bond acceptors (Lipinski definition) is 5. The number of amides is 2. The zero-order chi connectivity index (χ0) is 15.9. The minimum atomic E-state index is -2.72. The highest BCUT2D eigenvalue weighted by Gasteiger charge is 2.17. The van der Waals surface area contributed by atoms with Gasteiger partial charge in [0, 0.05) is 6.61 Å². The van der Waals surface area contributed by atoms with Crippen molar-refractivity contribution >= 4 is 22.5 Å². The number of carbonyl (C=O) groups excluding carboxylic acids is 1. The van der Waals surface area contributed by atoms with Gasteiger partial charge in [-0.3, -0.25) is 5.32 Å². The fraction of sp³-hybridized carbons (Fsp3) is 0.308. The zero-order valence-corrected chi connectivity index (χ0v) is 12.2. The number of aromatic nitrogens is 2. The van der Waals surface area contributed by atoms with Gasteiger partial charge >= 0.3 is 6.03 Å². The molecule has 0 fully saturated rings. The Morgan fingerprint density at radius 2 is 2.00 bits per heavy atom. The third-order valence-electron chi connectivity index (χ3n) is 2.77. The number of carbonyl (C=O) groups is 1. The van der Waals surface area contributed by atoms with E-state index in [1.54, 1.807) is 0 Å². The fourth-order valence-electron chi connectivity index (χ4n) is 1.80. The molecule has 3 N–H and O–H groups in total. The summed E-state index contributed by atoms with van der Waals surface area (Å²) < 4.78 is 24.8. The van der Waals surface area contributed by atoms with Crippen molar-refractivity contribution in [1.29, 1.82) is 0 Å². The summed E-state index contributed by atoms with van der Waals surface area (Å²) in [4.78, 5) is 11.9. The molecule has 0 radical (unpaired) electrons. The van der Waals surface area contributed by atoms with Gasteiger partial charge < -0.3 is 10.4 Å². The van der Waals surface area contributed by atoms with Crippen LogP contribution in [0, 0.1) is 0 Å². The molecule has 0 aliphatic carbocycles. The van der Waals surface area contributed by atoms with E-state index in [0.717, 1.165) is 5.56 Å². The molecule has 2 rings (SSSR count). The van der Waals surface area contributed by atoms with Crippen LogP contribution in [0.5, 0.6) is 0 Å². The van der Waals surface area contributed by atoms with E-state index < -0.39 is 23.5 Å². The molecule has 1 aromatic carbocycles. The Morgan fingerprint density at radius 3 is 2.59 bits per heavy atom. The van der Waals surface area contributed by atoms with Crippen LogP contribution in [0.1, 0.15) is 29.5 Å². The van der Waals surface area contributed by atoms with E-state index >= 15 is 0 Å². The van der Waals surface area contributed by atoms with Crippen molar-refractivity contribution in [2.75, 3.05) is 11.9 Å². The first kappa shape index (κ1) is 16.2. The molecular formula is C13H14F2N4O2S. The van der Waals surface area contributed by atoms with E-state index in [0.29, 0.717) is 17.8 Å². The molecule has 0 aliphatic rings. The predicted molar refractivity (Wildman–Crippen MR) is 77.9 cm³/mol. The quantitative estimate of drug-likeness (QED) is 0.761. The summed E-state index contributed by atoms with van der Waals surface area (Å²) in [5.41, 5.74) is 0.831. The summed E-state index contributed by atoms with van der Waals surface area (Å²) in [6.07, 6.45) is -2.39. The summed E-state index contributed by atoms with van der Waals surface area (Å²) in [7, 11) is 0. The zero-order valence-electron chi connectivity index (χ0n) is 11.4. The van der Waals surface area contributed by atoms with Crippen LogP contribution >= 0.6 is 11.3 Å². The number of alkyl halides is 2. The van der Waals surface area contributed by atoms with E-state index in [2.05, 4.69) is 20.8 Å². The molecule has 118 valence electrons. The van der Waals surface area contributed by atoms with Crippen molar-refractivity contribution in [2.45, 2.75) is 18.9 Å². The molecular weight excluding hydrogens is 314 g/mol. The highest BCUT2D eigenvalue weighted by molar-refractivity contribution is 7.15. The Balaban J connectivity index is 1.99. The van der Waals surface area contributed by atoms with Gasteiger partial charge in [0.25, 0.3) is 6.43 Å². The number of anilines is 1. The minimum Gasteiger partial charge on any atom is -0.396 e. The van der Waals surface area contributed by atoms with E-state index in [1.807, 2.05) is 30.3 Å². The summed E-state index contributed by atoms with van der Waals surface area (Å²) in [5, 5.41) is 20.4. The molecule has 6 nitrogen and oxygen atoms in total. The molecule has 2 amide bonds. The number of nitrogens with one attached hydrogen (secondary N) is 2. The van der Waals surface area contributed by atoms with Crippen LogP contribution in [0.2, 0.25) is 0 Å². The molecule has 9 heteroatoms. The maximum Gasteiger partial charge on any atom is 0.321 e. The lowest BCUT2D eigenvalue weighted by atomic mass is 10.0. The van der Waals surface area contributed by atoms with Crippen molar-refractivity contribution in [3.63, 3.8) is 0 Å². The highest BCUT2D eigenvalue weighted by atomic mass is 32.1. The van der Waals surface area contributed by atoms with Crippen LogP contribution < -0.4 is 10.6 Å². The summed E-state index contributed by atoms with van der Waals surface area (Å²) in [6.45, 7) is -0.103. The van der Waals surface area contributed by atoms with Crippen LogP contribution in [-0.2, 0) is 0 Å². The molecule has 0 unspecified atom stereocenters. The summed E-state index contributed by atoms with van der Waals surface area (Å²) in [6, 6.07) is 8.12. The summed E-state index contributed by atoms with van der Waals surface area (Å²) >= 11 is 0.612. The molecule has 0 spiro atoms. The number of benzene rings is 1. The second kappa shape index (κ2) is 7.76. The number of rotatable bonds is 6. The minimum absolute atomic E-state index is 0.0105. The number of nitrogens with zero attached hydrogens (tertiary/aromatic N) is 2. The van der Waals surface area contributed by atoms with Crippen LogP contribution in [0.4, 0.5) is 18.7 Å². The summed E-state index contributed by atoms with van der Waals surface area (Å²) in [5.74, 6) is 0. The van der Waals surface area contributed by atoms with Crippen LogP contribution in [0.3, 0.4) is 0 Å². The number of hydrogen-bond donors (Lipinski definition) is 3. The molecule has 1 aromatic heterocycles. The molecule has 2 aromatic rings. The molecule has 0 bridgehead atoms. The van der Waals surface area contributed by atoms with Crippen LogP contribution in [0.15, 0.2) is 30.3 Å². The third kappa shape index (κ3) is 4.43. The van der Waals surface area contributed by atoms with Crippen molar-refractivity contribution in [3.05, 3.63) is 40.9 Å². The van der Waals surface area contributed by atoms with Gasteiger partial charge in [-0.25, -0.2) is 13.6 Å². The lowest BCUT2D eigenvalue weighted by Gasteiger charge is -2.18. The molecule has 0 saturated carbocycles. The van der Waals surface area contributed by atoms with E-state index in [1.165, 1.54) is 0 Å². The first-order valence-electron chi connectivity index (χ1n) is 6.45. The Morgan fingerprint density at radius 1 is 1.27 bits per heavy atom. The largest absolute Gasteiger partial charge is 0.396 e. The monoisotopic (exact) mass is 328 g/mol. The van der Waals surface area contributed by atoms with Crippen LogP contribution in [0.25, 0.3) is 0 Å². The van der Waals surface area contributed by atoms with Gasteiger partial charge in [-0.2, -0.15) is 0 Å². The topological polar surface area (TPSA) is 87.1 Å². The Bertz CT molecular complexity index is 609. The second-order valence-corrected chi connectivity index (χ2v) is 5.33. The fourth-order valence-corrected chi connectivity index (χ4v) is 2.40. The average Bonchev–Trinajstić information content (AvgIpc) is 2.96. The van der Waals surface area contributed by atoms with Crippen molar-refractivity contribution in [1.82, 2.24) is 15.5 Å². The van der Waals surface area contributed by atoms with E-state index in [-0.39, 0.29) is 11.7 Å². The van der Waals surface area contributed by atoms with Gasteiger partial charge in [0.05, 0.1) is 6.04 Å². The molecule has 0 saturated heterocycles. The van der Waals surface area contributed by atoms with Gasteiger partial charge in [-0.1, -0.05) is 41.7 Å². The highest BCUT2D eigenvalue weighted by Crippen LogP contribution is 2.25. The standard InChI is InChI=1S/C13H14F2N4O2S/c14-10(15)11-18-19-13(22-11)17-12(21)16-9(6-7-20)8-4-2-1-3-5-8/h1-5,9-10,20H,6-7H2,(H2,16,17,19,21)/t9-/m1/s1. The molecule has 1 heterocycles. The lowest BCUT2D eigenvalue weighted by Crippen LogP contribution is -2.33. The van der Waals surface area contributed by atoms with Crippen molar-refractivity contribution < 1.29 is 18.7 Å². The van der Waals surface area contributed by atoms with E-state index in [9.17, 15) is 13.6 Å². The van der Waals surface area contributed by atoms with Crippen molar-refractivity contribution in [3.8, 4) is 0 Å². The maximum absolute atomic E-state index is 12.4. The van der Waals surface area contributed by atoms with Gasteiger partial charge in [-0.15, -0.1) is 10.2 Å². The number of aliphatic hydroxyl groups is 1. The first-order chi connectivity index (χ1) is 10.6. The molecule has 0 aliphatic heterocycles. The third-order valence-corrected chi connectivity index (χ3v) is 3.62. The van der Waals surface area contributed by atoms with Gasteiger partial charge in [-0.05, 0) is 12.0 Å². The average molecular weight is 328 g/mol. The van der Waals surface area contributed by atoms with E-state index in [4.69, 9.17) is 5.11 Å². The second-order valence-electron chi connectivity index (χ2n) is 4.32. The molecule has 22 heavy (non-hydrogen) atoms. The smallest absolute Gasteiger partial charge is 0.321 e. The number of aliphatic hydroxyl groups excluding tert-OH is 1. The Labute approximate surface area is 129 Å². The van der Waals surface area contributed by atoms with Crippen molar-refractivity contribution in [2.24, 2.45) is 0 Å². The van der Waals surface area contributed by atoms with Gasteiger partial charge in [0.1, 0.15) is 0 Å². The normalized spacial score (nSPS) is 12.2.